The highest BCUT2D eigenvalue weighted by Gasteiger charge is 2.34. The molecule has 2 aromatic rings. The van der Waals surface area contributed by atoms with Crippen molar-refractivity contribution in [3.05, 3.63) is 40.4 Å². The Morgan fingerprint density at radius 1 is 1.36 bits per heavy atom. The zero-order chi connectivity index (χ0) is 18.0. The molecule has 25 heavy (non-hydrogen) atoms. The SMILES string of the molecule is CC(CN(C(=O)Cc1csc(-c2ccc(Cl)cc2)n1)C1CC1)C(=O)O. The third-order valence-electron chi connectivity index (χ3n) is 4.18. The molecule has 3 rings (SSSR count). The van der Waals surface area contributed by atoms with Gasteiger partial charge in [0.2, 0.25) is 5.91 Å². The fourth-order valence-electron chi connectivity index (χ4n) is 2.58. The lowest BCUT2D eigenvalue weighted by atomic mass is 10.1. The molecule has 0 radical (unpaired) electrons. The second kappa shape index (κ2) is 7.54. The molecule has 1 aliphatic rings. The number of rotatable bonds is 7. The van der Waals surface area contributed by atoms with Crippen molar-refractivity contribution >= 4 is 34.8 Å². The summed E-state index contributed by atoms with van der Waals surface area (Å²) in [6.45, 7) is 1.89. The Balaban J connectivity index is 1.67. The summed E-state index contributed by atoms with van der Waals surface area (Å²) in [5.41, 5.74) is 1.68. The van der Waals surface area contributed by atoms with Crippen LogP contribution < -0.4 is 0 Å². The van der Waals surface area contributed by atoms with E-state index < -0.39 is 11.9 Å². The summed E-state index contributed by atoms with van der Waals surface area (Å²) >= 11 is 7.38. The summed E-state index contributed by atoms with van der Waals surface area (Å²) in [6.07, 6.45) is 2.10. The summed E-state index contributed by atoms with van der Waals surface area (Å²) in [4.78, 5) is 30.0. The fraction of sp³-hybridized carbons (Fsp3) is 0.389. The average molecular weight is 379 g/mol. The van der Waals surface area contributed by atoms with Crippen LogP contribution in [0.1, 0.15) is 25.5 Å². The molecule has 1 aromatic carbocycles. The highest BCUT2D eigenvalue weighted by molar-refractivity contribution is 7.13. The molecule has 1 atom stereocenters. The van der Waals surface area contributed by atoms with Crippen LogP contribution in [0.2, 0.25) is 5.02 Å². The van der Waals surface area contributed by atoms with Crippen LogP contribution in [0.4, 0.5) is 0 Å². The number of amides is 1. The van der Waals surface area contributed by atoms with Gasteiger partial charge in [-0.25, -0.2) is 4.98 Å². The first kappa shape index (κ1) is 17.9. The standard InChI is InChI=1S/C18H19ClN2O3S/c1-11(18(23)24)9-21(15-6-7-15)16(22)8-14-10-25-17(20-14)12-2-4-13(19)5-3-12/h2-5,10-11,15H,6-9H2,1H3,(H,23,24). The van der Waals surface area contributed by atoms with Crippen molar-refractivity contribution in [2.24, 2.45) is 5.92 Å². The van der Waals surface area contributed by atoms with Crippen LogP contribution in [-0.2, 0) is 16.0 Å². The minimum Gasteiger partial charge on any atom is -0.481 e. The van der Waals surface area contributed by atoms with Gasteiger partial charge in [0.05, 0.1) is 18.0 Å². The zero-order valence-corrected chi connectivity index (χ0v) is 15.4. The van der Waals surface area contributed by atoms with Gasteiger partial charge in [-0.3, -0.25) is 9.59 Å². The number of halogens is 1. The third kappa shape index (κ3) is 4.58. The smallest absolute Gasteiger partial charge is 0.308 e. The van der Waals surface area contributed by atoms with Gasteiger partial charge in [0.15, 0.2) is 0 Å². The van der Waals surface area contributed by atoms with Crippen LogP contribution in [0, 0.1) is 5.92 Å². The van der Waals surface area contributed by atoms with Crippen LogP contribution >= 0.6 is 22.9 Å². The summed E-state index contributed by atoms with van der Waals surface area (Å²) < 4.78 is 0. The number of carbonyl (C=O) groups is 2. The van der Waals surface area contributed by atoms with E-state index in [1.807, 2.05) is 29.6 Å². The summed E-state index contributed by atoms with van der Waals surface area (Å²) in [7, 11) is 0. The van der Waals surface area contributed by atoms with E-state index in [1.54, 1.807) is 11.8 Å². The molecule has 5 nitrogen and oxygen atoms in total. The van der Waals surface area contributed by atoms with Crippen molar-refractivity contribution in [2.75, 3.05) is 6.54 Å². The molecule has 1 fully saturated rings. The van der Waals surface area contributed by atoms with Gasteiger partial charge in [-0.15, -0.1) is 11.3 Å². The van der Waals surface area contributed by atoms with Gasteiger partial charge in [-0.2, -0.15) is 0 Å². The zero-order valence-electron chi connectivity index (χ0n) is 13.8. The number of hydrogen-bond acceptors (Lipinski definition) is 4. The first-order valence-electron chi connectivity index (χ1n) is 8.16. The predicted octanol–water partition coefficient (Wildman–Crippen LogP) is 3.72. The van der Waals surface area contributed by atoms with Crippen molar-refractivity contribution < 1.29 is 14.7 Å². The van der Waals surface area contributed by atoms with E-state index in [0.29, 0.717) is 10.7 Å². The van der Waals surface area contributed by atoms with E-state index in [4.69, 9.17) is 16.7 Å². The fourth-order valence-corrected chi connectivity index (χ4v) is 3.54. The normalized spacial score (nSPS) is 15.0. The molecule has 1 heterocycles. The molecule has 132 valence electrons. The Bertz CT molecular complexity index is 771. The summed E-state index contributed by atoms with van der Waals surface area (Å²) in [6, 6.07) is 7.61. The van der Waals surface area contributed by atoms with Gasteiger partial charge < -0.3 is 10.0 Å². The van der Waals surface area contributed by atoms with Gasteiger partial charge in [0.25, 0.3) is 0 Å². The molecule has 1 amide bonds. The predicted molar refractivity (Wildman–Crippen MR) is 97.8 cm³/mol. The minimum absolute atomic E-state index is 0.0523. The quantitative estimate of drug-likeness (QED) is 0.797. The molecule has 0 saturated heterocycles. The number of carboxylic acid groups (broad SMARTS) is 1. The van der Waals surface area contributed by atoms with Crippen molar-refractivity contribution in [3.8, 4) is 10.6 Å². The van der Waals surface area contributed by atoms with Gasteiger partial charge in [0.1, 0.15) is 5.01 Å². The van der Waals surface area contributed by atoms with Gasteiger partial charge in [-0.1, -0.05) is 30.7 Å². The Morgan fingerprint density at radius 2 is 2.04 bits per heavy atom. The van der Waals surface area contributed by atoms with E-state index in [9.17, 15) is 9.59 Å². The van der Waals surface area contributed by atoms with E-state index >= 15 is 0 Å². The van der Waals surface area contributed by atoms with Crippen molar-refractivity contribution in [1.82, 2.24) is 9.88 Å². The number of thiazole rings is 1. The first-order chi connectivity index (χ1) is 11.9. The maximum atomic E-state index is 12.6. The number of hydrogen-bond donors (Lipinski definition) is 1. The highest BCUT2D eigenvalue weighted by Crippen LogP contribution is 2.29. The third-order valence-corrected chi connectivity index (χ3v) is 5.37. The van der Waals surface area contributed by atoms with Gasteiger partial charge in [-0.05, 0) is 25.0 Å². The van der Waals surface area contributed by atoms with E-state index in [-0.39, 0.29) is 24.9 Å². The molecule has 0 aliphatic heterocycles. The molecule has 7 heteroatoms. The molecule has 0 bridgehead atoms. The largest absolute Gasteiger partial charge is 0.481 e. The van der Waals surface area contributed by atoms with E-state index in [1.165, 1.54) is 11.3 Å². The maximum Gasteiger partial charge on any atom is 0.308 e. The van der Waals surface area contributed by atoms with E-state index in [2.05, 4.69) is 4.98 Å². The molecule has 1 aliphatic carbocycles. The van der Waals surface area contributed by atoms with Gasteiger partial charge >= 0.3 is 5.97 Å². The first-order valence-corrected chi connectivity index (χ1v) is 9.42. The number of carboxylic acids is 1. The Hall–Kier alpha value is -1.92. The maximum absolute atomic E-state index is 12.6. The topological polar surface area (TPSA) is 70.5 Å². The van der Waals surface area contributed by atoms with Crippen LogP contribution in [-0.4, -0.2) is 39.5 Å². The number of carbonyl (C=O) groups excluding carboxylic acids is 1. The molecular formula is C18H19ClN2O3S. The lowest BCUT2D eigenvalue weighted by Gasteiger charge is -2.24. The molecule has 1 N–H and O–H groups in total. The minimum atomic E-state index is -0.878. The molecule has 1 unspecified atom stereocenters. The van der Waals surface area contributed by atoms with Crippen molar-refractivity contribution in [3.63, 3.8) is 0 Å². The Morgan fingerprint density at radius 3 is 2.64 bits per heavy atom. The molecule has 0 spiro atoms. The second-order valence-corrected chi connectivity index (χ2v) is 7.64. The van der Waals surface area contributed by atoms with Crippen LogP contribution in [0.3, 0.4) is 0 Å². The molecular weight excluding hydrogens is 360 g/mol. The van der Waals surface area contributed by atoms with Crippen LogP contribution in [0.25, 0.3) is 10.6 Å². The lowest BCUT2D eigenvalue weighted by molar-refractivity contribution is -0.143. The number of benzene rings is 1. The van der Waals surface area contributed by atoms with Crippen LogP contribution in [0.15, 0.2) is 29.6 Å². The second-order valence-electron chi connectivity index (χ2n) is 6.34. The molecule has 1 aromatic heterocycles. The van der Waals surface area contributed by atoms with Crippen LogP contribution in [0.5, 0.6) is 0 Å². The van der Waals surface area contributed by atoms with Crippen molar-refractivity contribution in [2.45, 2.75) is 32.2 Å². The Labute approximate surface area is 155 Å². The monoisotopic (exact) mass is 378 g/mol. The average Bonchev–Trinajstić information content (AvgIpc) is 3.32. The van der Waals surface area contributed by atoms with Crippen molar-refractivity contribution in [1.29, 1.82) is 0 Å². The lowest BCUT2D eigenvalue weighted by Crippen LogP contribution is -2.39. The summed E-state index contributed by atoms with van der Waals surface area (Å²) in [5.74, 6) is -1.50. The number of nitrogens with zero attached hydrogens (tertiary/aromatic N) is 2. The Kier molecular flexibility index (Phi) is 5.39. The highest BCUT2D eigenvalue weighted by atomic mass is 35.5. The van der Waals surface area contributed by atoms with Gasteiger partial charge in [0, 0.05) is 28.6 Å². The number of aliphatic carboxylic acids is 1. The number of aromatic nitrogens is 1. The van der Waals surface area contributed by atoms with E-state index in [0.717, 1.165) is 23.4 Å². The molecule has 1 saturated carbocycles. The summed E-state index contributed by atoms with van der Waals surface area (Å²) in [5, 5.41) is 12.5.